The molecule has 1 aliphatic rings. The van der Waals surface area contributed by atoms with Crippen LogP contribution in [0.1, 0.15) is 30.6 Å². The Labute approximate surface area is 106 Å². The minimum atomic E-state index is -0.731. The number of Topliss-reactive ketones (excluding diaryl/α,β-unsaturated/α-hetero) is 1. The standard InChI is InChI=1S/C14H17NO3/c1-9-13(14(17)18)7-8-15(9)12-5-3-11(4-6-12)10(2)16/h3-6,9,13H,7-8H2,1-2H3,(H,17,18). The minimum Gasteiger partial charge on any atom is -0.481 e. The number of carboxylic acid groups (broad SMARTS) is 1. The average molecular weight is 247 g/mol. The third-order valence-corrected chi connectivity index (χ3v) is 3.68. The molecule has 1 saturated heterocycles. The van der Waals surface area contributed by atoms with Crippen LogP contribution >= 0.6 is 0 Å². The molecule has 1 aliphatic heterocycles. The summed E-state index contributed by atoms with van der Waals surface area (Å²) in [6.07, 6.45) is 0.672. The summed E-state index contributed by atoms with van der Waals surface area (Å²) in [5.74, 6) is -0.998. The van der Waals surface area contributed by atoms with Crippen LogP contribution in [0, 0.1) is 5.92 Å². The average Bonchev–Trinajstić information content (AvgIpc) is 2.71. The predicted molar refractivity (Wildman–Crippen MR) is 69.0 cm³/mol. The van der Waals surface area contributed by atoms with E-state index in [1.54, 1.807) is 12.1 Å². The Morgan fingerprint density at radius 1 is 1.28 bits per heavy atom. The summed E-state index contributed by atoms with van der Waals surface area (Å²) < 4.78 is 0. The Morgan fingerprint density at radius 2 is 1.89 bits per heavy atom. The van der Waals surface area contributed by atoms with Gasteiger partial charge in [-0.05, 0) is 44.5 Å². The van der Waals surface area contributed by atoms with Crippen LogP contribution in [-0.2, 0) is 4.79 Å². The van der Waals surface area contributed by atoms with Crippen molar-refractivity contribution in [2.75, 3.05) is 11.4 Å². The smallest absolute Gasteiger partial charge is 0.308 e. The van der Waals surface area contributed by atoms with Gasteiger partial charge < -0.3 is 10.0 Å². The highest BCUT2D eigenvalue weighted by Crippen LogP contribution is 2.30. The normalized spacial score (nSPS) is 23.1. The van der Waals surface area contributed by atoms with E-state index in [1.165, 1.54) is 6.92 Å². The molecule has 1 aromatic rings. The van der Waals surface area contributed by atoms with Gasteiger partial charge >= 0.3 is 5.97 Å². The van der Waals surface area contributed by atoms with Gasteiger partial charge in [0.15, 0.2) is 5.78 Å². The quantitative estimate of drug-likeness (QED) is 0.832. The monoisotopic (exact) mass is 247 g/mol. The number of ketones is 1. The minimum absolute atomic E-state index is 0.00863. The topological polar surface area (TPSA) is 57.6 Å². The number of anilines is 1. The molecule has 0 aromatic heterocycles. The summed E-state index contributed by atoms with van der Waals surface area (Å²) in [5.41, 5.74) is 1.66. The summed E-state index contributed by atoms with van der Waals surface area (Å²) in [5, 5.41) is 9.09. The van der Waals surface area contributed by atoms with Crippen molar-refractivity contribution < 1.29 is 14.7 Å². The molecule has 2 atom stereocenters. The third-order valence-electron chi connectivity index (χ3n) is 3.68. The number of carboxylic acids is 1. The van der Waals surface area contributed by atoms with E-state index < -0.39 is 5.97 Å². The zero-order valence-corrected chi connectivity index (χ0v) is 10.6. The molecule has 1 N–H and O–H groups in total. The van der Waals surface area contributed by atoms with E-state index in [4.69, 9.17) is 5.11 Å². The molecule has 1 fully saturated rings. The Bertz CT molecular complexity index is 466. The Kier molecular flexibility index (Phi) is 3.36. The van der Waals surface area contributed by atoms with Crippen molar-refractivity contribution in [3.63, 3.8) is 0 Å². The van der Waals surface area contributed by atoms with Gasteiger partial charge in [-0.1, -0.05) is 0 Å². The van der Waals surface area contributed by atoms with Crippen molar-refractivity contribution in [1.29, 1.82) is 0 Å². The maximum atomic E-state index is 11.2. The maximum Gasteiger partial charge on any atom is 0.308 e. The van der Waals surface area contributed by atoms with Crippen molar-refractivity contribution in [1.82, 2.24) is 0 Å². The summed E-state index contributed by atoms with van der Waals surface area (Å²) in [4.78, 5) is 24.3. The Morgan fingerprint density at radius 3 is 2.33 bits per heavy atom. The molecular weight excluding hydrogens is 230 g/mol. The molecule has 4 nitrogen and oxygen atoms in total. The molecule has 0 amide bonds. The molecule has 0 radical (unpaired) electrons. The molecule has 0 aliphatic carbocycles. The second kappa shape index (κ2) is 4.80. The van der Waals surface area contributed by atoms with Gasteiger partial charge in [-0.15, -0.1) is 0 Å². The summed E-state index contributed by atoms with van der Waals surface area (Å²) in [7, 11) is 0. The van der Waals surface area contributed by atoms with Gasteiger partial charge in [0.1, 0.15) is 0 Å². The zero-order chi connectivity index (χ0) is 13.3. The van der Waals surface area contributed by atoms with Crippen molar-refractivity contribution in [2.24, 2.45) is 5.92 Å². The fourth-order valence-corrected chi connectivity index (χ4v) is 2.52. The molecule has 4 heteroatoms. The number of aliphatic carboxylic acids is 1. The molecule has 2 rings (SSSR count). The molecule has 1 aromatic carbocycles. The van der Waals surface area contributed by atoms with Crippen LogP contribution in [0.25, 0.3) is 0 Å². The number of carbonyl (C=O) groups excluding carboxylic acids is 1. The van der Waals surface area contributed by atoms with Gasteiger partial charge in [-0.3, -0.25) is 9.59 Å². The number of rotatable bonds is 3. The number of hydrogen-bond donors (Lipinski definition) is 1. The SMILES string of the molecule is CC(=O)c1ccc(N2CCC(C(=O)O)C2C)cc1. The van der Waals surface area contributed by atoms with Gasteiger partial charge in [0.25, 0.3) is 0 Å². The van der Waals surface area contributed by atoms with Gasteiger partial charge in [-0.25, -0.2) is 0 Å². The van der Waals surface area contributed by atoms with E-state index in [0.29, 0.717) is 12.0 Å². The second-order valence-corrected chi connectivity index (χ2v) is 4.77. The fourth-order valence-electron chi connectivity index (χ4n) is 2.52. The number of benzene rings is 1. The van der Waals surface area contributed by atoms with Crippen LogP contribution in [0.4, 0.5) is 5.69 Å². The maximum absolute atomic E-state index is 11.2. The van der Waals surface area contributed by atoms with Crippen LogP contribution in [0.15, 0.2) is 24.3 Å². The summed E-state index contributed by atoms with van der Waals surface area (Å²) in [6, 6.07) is 7.34. The lowest BCUT2D eigenvalue weighted by molar-refractivity contribution is -0.141. The van der Waals surface area contributed by atoms with E-state index in [9.17, 15) is 9.59 Å². The van der Waals surface area contributed by atoms with Crippen LogP contribution < -0.4 is 4.90 Å². The molecule has 2 unspecified atom stereocenters. The van der Waals surface area contributed by atoms with Crippen LogP contribution in [-0.4, -0.2) is 29.4 Å². The Balaban J connectivity index is 2.18. The molecule has 18 heavy (non-hydrogen) atoms. The molecule has 0 spiro atoms. The van der Waals surface area contributed by atoms with Crippen molar-refractivity contribution in [3.8, 4) is 0 Å². The van der Waals surface area contributed by atoms with Gasteiger partial charge in [-0.2, -0.15) is 0 Å². The van der Waals surface area contributed by atoms with Crippen LogP contribution in [0.3, 0.4) is 0 Å². The lowest BCUT2D eigenvalue weighted by Crippen LogP contribution is -2.32. The van der Waals surface area contributed by atoms with E-state index in [1.807, 2.05) is 19.1 Å². The second-order valence-electron chi connectivity index (χ2n) is 4.77. The number of nitrogens with zero attached hydrogens (tertiary/aromatic N) is 1. The van der Waals surface area contributed by atoms with Gasteiger partial charge in [0.05, 0.1) is 5.92 Å². The Hall–Kier alpha value is -1.84. The summed E-state index contributed by atoms with van der Waals surface area (Å²) >= 11 is 0. The summed E-state index contributed by atoms with van der Waals surface area (Å²) in [6.45, 7) is 4.22. The zero-order valence-electron chi connectivity index (χ0n) is 10.6. The fraction of sp³-hybridized carbons (Fsp3) is 0.429. The van der Waals surface area contributed by atoms with E-state index >= 15 is 0 Å². The first-order chi connectivity index (χ1) is 8.50. The molecular formula is C14H17NO3. The van der Waals surface area contributed by atoms with Crippen LogP contribution in [0.5, 0.6) is 0 Å². The van der Waals surface area contributed by atoms with Crippen molar-refractivity contribution in [3.05, 3.63) is 29.8 Å². The molecule has 96 valence electrons. The predicted octanol–water partition coefficient (Wildman–Crippen LogP) is 2.19. The first-order valence-corrected chi connectivity index (χ1v) is 6.11. The first-order valence-electron chi connectivity index (χ1n) is 6.11. The highest BCUT2D eigenvalue weighted by molar-refractivity contribution is 5.94. The van der Waals surface area contributed by atoms with E-state index in [0.717, 1.165) is 12.2 Å². The van der Waals surface area contributed by atoms with Gasteiger partial charge in [0.2, 0.25) is 0 Å². The van der Waals surface area contributed by atoms with Gasteiger partial charge in [0, 0.05) is 23.8 Å². The highest BCUT2D eigenvalue weighted by Gasteiger charge is 2.35. The first kappa shape index (κ1) is 12.6. The van der Waals surface area contributed by atoms with Crippen molar-refractivity contribution >= 4 is 17.4 Å². The lowest BCUT2D eigenvalue weighted by atomic mass is 10.0. The van der Waals surface area contributed by atoms with Crippen molar-refractivity contribution in [2.45, 2.75) is 26.3 Å². The molecule has 1 heterocycles. The highest BCUT2D eigenvalue weighted by atomic mass is 16.4. The molecule has 0 bridgehead atoms. The number of hydrogen-bond acceptors (Lipinski definition) is 3. The van der Waals surface area contributed by atoms with E-state index in [2.05, 4.69) is 4.90 Å². The van der Waals surface area contributed by atoms with Crippen LogP contribution in [0.2, 0.25) is 0 Å². The lowest BCUT2D eigenvalue weighted by Gasteiger charge is -2.25. The largest absolute Gasteiger partial charge is 0.481 e. The molecule has 0 saturated carbocycles. The third kappa shape index (κ3) is 2.23. The number of carbonyl (C=O) groups is 2. The van der Waals surface area contributed by atoms with E-state index in [-0.39, 0.29) is 17.7 Å².